The monoisotopic (exact) mass is 261 g/mol. The predicted molar refractivity (Wildman–Crippen MR) is 75.6 cm³/mol. The molecule has 0 spiro atoms. The number of hydrogen-bond donors (Lipinski definition) is 1. The van der Waals surface area contributed by atoms with E-state index < -0.39 is 6.10 Å². The maximum atomic E-state index is 10.2. The van der Waals surface area contributed by atoms with Gasteiger partial charge in [-0.05, 0) is 44.9 Å². The van der Waals surface area contributed by atoms with Crippen LogP contribution < -0.4 is 0 Å². The van der Waals surface area contributed by atoms with Crippen molar-refractivity contribution in [2.45, 2.75) is 51.2 Å². The summed E-state index contributed by atoms with van der Waals surface area (Å²) in [6, 6.07) is 4.08. The third kappa shape index (κ3) is 4.12. The first-order chi connectivity index (χ1) is 9.31. The molecule has 3 nitrogen and oxygen atoms in total. The molecule has 0 saturated carbocycles. The molecule has 1 aliphatic rings. The number of hydrogen-bond acceptors (Lipinski definition) is 3. The largest absolute Gasteiger partial charge is 0.467 e. The Kier molecular flexibility index (Phi) is 5.50. The second-order valence-corrected chi connectivity index (χ2v) is 5.17. The van der Waals surface area contributed by atoms with E-state index in [2.05, 4.69) is 16.7 Å². The molecule has 1 saturated heterocycles. The minimum atomic E-state index is -0.504. The molecule has 2 unspecified atom stereocenters. The van der Waals surface area contributed by atoms with Gasteiger partial charge in [-0.1, -0.05) is 18.8 Å². The van der Waals surface area contributed by atoms with Crippen molar-refractivity contribution in [3.8, 4) is 11.8 Å². The molecule has 0 amide bonds. The molecule has 2 rings (SSSR count). The topological polar surface area (TPSA) is 36.6 Å². The van der Waals surface area contributed by atoms with Crippen molar-refractivity contribution in [1.29, 1.82) is 0 Å². The molecule has 1 N–H and O–H groups in total. The normalized spacial score (nSPS) is 22.3. The summed E-state index contributed by atoms with van der Waals surface area (Å²) in [4.78, 5) is 2.41. The average Bonchev–Trinajstić information content (AvgIpc) is 2.86. The summed E-state index contributed by atoms with van der Waals surface area (Å²) in [6.45, 7) is 3.78. The van der Waals surface area contributed by atoms with Crippen molar-refractivity contribution in [2.75, 3.05) is 13.1 Å². The molecule has 1 aliphatic heterocycles. The van der Waals surface area contributed by atoms with Crippen molar-refractivity contribution in [3.63, 3.8) is 0 Å². The Morgan fingerprint density at radius 2 is 2.37 bits per heavy atom. The Bertz CT molecular complexity index is 416. The summed E-state index contributed by atoms with van der Waals surface area (Å²) in [7, 11) is 0. The zero-order valence-corrected chi connectivity index (χ0v) is 11.6. The number of rotatable bonds is 4. The molecule has 1 aromatic rings. The Hall–Kier alpha value is -1.24. The first kappa shape index (κ1) is 14.2. The number of aliphatic hydroxyl groups excluding tert-OH is 1. The predicted octanol–water partition coefficient (Wildman–Crippen LogP) is 2.97. The molecular formula is C16H23NO2. The smallest absolute Gasteiger partial charge is 0.132 e. The molecule has 3 heteroatoms. The number of nitrogens with zero attached hydrogens (tertiary/aromatic N) is 1. The fourth-order valence-corrected chi connectivity index (χ4v) is 2.75. The van der Waals surface area contributed by atoms with Gasteiger partial charge in [0.05, 0.1) is 12.8 Å². The summed E-state index contributed by atoms with van der Waals surface area (Å²) in [5.74, 6) is 6.79. The average molecular weight is 261 g/mol. The van der Waals surface area contributed by atoms with Gasteiger partial charge in [0.25, 0.3) is 0 Å². The van der Waals surface area contributed by atoms with E-state index in [1.165, 1.54) is 19.3 Å². The lowest BCUT2D eigenvalue weighted by Gasteiger charge is -2.29. The highest BCUT2D eigenvalue weighted by Gasteiger charge is 2.24. The SMILES string of the molecule is CC#CCN1CCCCCC1CC(O)c1ccco1. The highest BCUT2D eigenvalue weighted by Crippen LogP contribution is 2.26. The van der Waals surface area contributed by atoms with Crippen molar-refractivity contribution in [2.24, 2.45) is 0 Å². The van der Waals surface area contributed by atoms with E-state index in [0.29, 0.717) is 11.8 Å². The van der Waals surface area contributed by atoms with E-state index in [-0.39, 0.29) is 0 Å². The van der Waals surface area contributed by atoms with E-state index in [1.807, 2.05) is 19.1 Å². The van der Waals surface area contributed by atoms with Crippen LogP contribution in [0.3, 0.4) is 0 Å². The summed E-state index contributed by atoms with van der Waals surface area (Å²) in [5, 5.41) is 10.2. The molecule has 0 radical (unpaired) electrons. The van der Waals surface area contributed by atoms with Gasteiger partial charge < -0.3 is 9.52 Å². The van der Waals surface area contributed by atoms with E-state index in [9.17, 15) is 5.11 Å². The van der Waals surface area contributed by atoms with Crippen LogP contribution in [-0.2, 0) is 0 Å². The number of furan rings is 1. The summed E-state index contributed by atoms with van der Waals surface area (Å²) < 4.78 is 5.29. The summed E-state index contributed by atoms with van der Waals surface area (Å²) in [6.07, 6.45) is 6.75. The number of likely N-dealkylation sites (tertiary alicyclic amines) is 1. The third-order valence-electron chi connectivity index (χ3n) is 3.82. The molecule has 2 atom stereocenters. The quantitative estimate of drug-likeness (QED) is 0.847. The molecule has 1 aromatic heterocycles. The van der Waals surface area contributed by atoms with Gasteiger partial charge in [0, 0.05) is 6.04 Å². The Morgan fingerprint density at radius 1 is 1.47 bits per heavy atom. The van der Waals surface area contributed by atoms with E-state index in [4.69, 9.17) is 4.42 Å². The first-order valence-electron chi connectivity index (χ1n) is 7.16. The van der Waals surface area contributed by atoms with E-state index in [1.54, 1.807) is 6.26 Å². The molecule has 0 bridgehead atoms. The van der Waals surface area contributed by atoms with Gasteiger partial charge >= 0.3 is 0 Å². The van der Waals surface area contributed by atoms with Crippen LogP contribution in [0, 0.1) is 11.8 Å². The van der Waals surface area contributed by atoms with Crippen molar-refractivity contribution < 1.29 is 9.52 Å². The molecule has 19 heavy (non-hydrogen) atoms. The van der Waals surface area contributed by atoms with Gasteiger partial charge in [-0.25, -0.2) is 0 Å². The van der Waals surface area contributed by atoms with Crippen LogP contribution in [0.15, 0.2) is 22.8 Å². The maximum Gasteiger partial charge on any atom is 0.132 e. The second kappa shape index (κ2) is 7.37. The zero-order valence-electron chi connectivity index (χ0n) is 11.6. The lowest BCUT2D eigenvalue weighted by Crippen LogP contribution is -2.36. The highest BCUT2D eigenvalue weighted by atomic mass is 16.4. The molecular weight excluding hydrogens is 238 g/mol. The van der Waals surface area contributed by atoms with Crippen LogP contribution in [0.4, 0.5) is 0 Å². The summed E-state index contributed by atoms with van der Waals surface area (Å²) in [5.41, 5.74) is 0. The minimum absolute atomic E-state index is 0.406. The van der Waals surface area contributed by atoms with Gasteiger partial charge in [-0.2, -0.15) is 0 Å². The van der Waals surface area contributed by atoms with Crippen LogP contribution in [-0.4, -0.2) is 29.1 Å². The summed E-state index contributed by atoms with van der Waals surface area (Å²) >= 11 is 0. The van der Waals surface area contributed by atoms with Gasteiger partial charge in [-0.3, -0.25) is 4.90 Å². The fraction of sp³-hybridized carbons (Fsp3) is 0.625. The van der Waals surface area contributed by atoms with Crippen LogP contribution in [0.2, 0.25) is 0 Å². The van der Waals surface area contributed by atoms with Crippen LogP contribution in [0.5, 0.6) is 0 Å². The molecule has 0 aliphatic carbocycles. The second-order valence-electron chi connectivity index (χ2n) is 5.17. The van der Waals surface area contributed by atoms with Gasteiger partial charge in [0.15, 0.2) is 0 Å². The molecule has 2 heterocycles. The Morgan fingerprint density at radius 3 is 3.11 bits per heavy atom. The van der Waals surface area contributed by atoms with Crippen molar-refractivity contribution in [1.82, 2.24) is 4.90 Å². The lowest BCUT2D eigenvalue weighted by atomic mass is 10.0. The lowest BCUT2D eigenvalue weighted by molar-refractivity contribution is 0.0919. The Balaban J connectivity index is 1.98. The van der Waals surface area contributed by atoms with Crippen LogP contribution in [0.1, 0.15) is 50.9 Å². The van der Waals surface area contributed by atoms with E-state index >= 15 is 0 Å². The molecule has 1 fully saturated rings. The van der Waals surface area contributed by atoms with Crippen molar-refractivity contribution >= 4 is 0 Å². The van der Waals surface area contributed by atoms with Crippen LogP contribution in [0.25, 0.3) is 0 Å². The number of aliphatic hydroxyl groups is 1. The van der Waals surface area contributed by atoms with Gasteiger partial charge in [0.1, 0.15) is 11.9 Å². The minimum Gasteiger partial charge on any atom is -0.467 e. The molecule has 0 aromatic carbocycles. The van der Waals surface area contributed by atoms with E-state index in [0.717, 1.165) is 25.9 Å². The highest BCUT2D eigenvalue weighted by molar-refractivity contribution is 5.03. The van der Waals surface area contributed by atoms with Gasteiger partial charge in [0.2, 0.25) is 0 Å². The zero-order chi connectivity index (χ0) is 13.5. The van der Waals surface area contributed by atoms with Gasteiger partial charge in [-0.15, -0.1) is 5.92 Å². The fourth-order valence-electron chi connectivity index (χ4n) is 2.75. The maximum absolute atomic E-state index is 10.2. The molecule has 104 valence electrons. The Labute approximate surface area is 115 Å². The van der Waals surface area contributed by atoms with Crippen molar-refractivity contribution in [3.05, 3.63) is 24.2 Å². The standard InChI is InChI=1S/C16H23NO2/c1-2-3-10-17-11-6-4-5-8-14(17)13-15(18)16-9-7-12-19-16/h7,9,12,14-15,18H,4-6,8,10-11,13H2,1H3. The first-order valence-corrected chi connectivity index (χ1v) is 7.16. The third-order valence-corrected chi connectivity index (χ3v) is 3.82. The van der Waals surface area contributed by atoms with Crippen LogP contribution >= 0.6 is 0 Å².